The fourth-order valence-corrected chi connectivity index (χ4v) is 2.52. The Morgan fingerprint density at radius 3 is 2.33 bits per heavy atom. The highest BCUT2D eigenvalue weighted by atomic mass is 19.1. The Hall–Kier alpha value is -3.62. The van der Waals surface area contributed by atoms with Gasteiger partial charge in [0.15, 0.2) is 11.2 Å². The van der Waals surface area contributed by atoms with Crippen molar-refractivity contribution < 1.29 is 18.0 Å². The molecule has 0 aliphatic heterocycles. The summed E-state index contributed by atoms with van der Waals surface area (Å²) >= 11 is 0. The van der Waals surface area contributed by atoms with E-state index in [4.69, 9.17) is 8.83 Å². The van der Waals surface area contributed by atoms with Crippen LogP contribution in [0.25, 0.3) is 22.2 Å². The highest BCUT2D eigenvalue weighted by Gasteiger charge is 2.12. The lowest BCUT2D eigenvalue weighted by molar-refractivity contribution is 0.217. The zero-order chi connectivity index (χ0) is 19.0. The van der Waals surface area contributed by atoms with Crippen molar-refractivity contribution in [2.45, 2.75) is 6.54 Å². The normalized spacial score (nSPS) is 11.1. The molecule has 8 nitrogen and oxygen atoms in total. The first-order chi connectivity index (χ1) is 13.0. The monoisotopic (exact) mass is 369 g/mol. The van der Waals surface area contributed by atoms with Gasteiger partial charge < -0.3 is 19.1 Å². The average Bonchev–Trinajstić information content (AvgIpc) is 3.21. The lowest BCUT2D eigenvalue weighted by atomic mass is 10.2. The number of aromatic nitrogens is 2. The summed E-state index contributed by atoms with van der Waals surface area (Å²) < 4.78 is 24.4. The van der Waals surface area contributed by atoms with Gasteiger partial charge in [-0.3, -0.25) is 5.32 Å². The van der Waals surface area contributed by atoms with E-state index in [-0.39, 0.29) is 18.1 Å². The average molecular weight is 369 g/mol. The van der Waals surface area contributed by atoms with Crippen molar-refractivity contribution in [3.05, 3.63) is 47.8 Å². The van der Waals surface area contributed by atoms with Gasteiger partial charge in [0.05, 0.1) is 0 Å². The third-order valence-electron chi connectivity index (χ3n) is 3.87. The third-order valence-corrected chi connectivity index (χ3v) is 3.87. The molecule has 4 rings (SSSR count). The molecule has 0 aliphatic carbocycles. The molecule has 0 spiro atoms. The van der Waals surface area contributed by atoms with Gasteiger partial charge in [0.25, 0.3) is 0 Å². The Kier molecular flexibility index (Phi) is 4.11. The van der Waals surface area contributed by atoms with Crippen LogP contribution in [0.5, 0.6) is 0 Å². The standard InChI is InChI=1S/C18H16FN5O3/c1-24(2)18(25)20-9-10-3-5-14-12(7-10)21-16(26-14)23-17-22-13-8-11(19)4-6-15(13)27-17/h3-8H,9H2,1-2H3,(H,20,25)(H,21,22,23). The van der Waals surface area contributed by atoms with Gasteiger partial charge in [-0.15, -0.1) is 0 Å². The molecule has 2 aromatic carbocycles. The van der Waals surface area contributed by atoms with E-state index in [0.29, 0.717) is 28.7 Å². The number of fused-ring (bicyclic) bond motifs is 2. The number of rotatable bonds is 4. The second kappa shape index (κ2) is 6.60. The van der Waals surface area contributed by atoms with E-state index in [2.05, 4.69) is 20.6 Å². The highest BCUT2D eigenvalue weighted by molar-refractivity contribution is 5.78. The first-order valence-corrected chi connectivity index (χ1v) is 8.16. The van der Waals surface area contributed by atoms with Crippen molar-refractivity contribution in [1.29, 1.82) is 0 Å². The number of benzene rings is 2. The first kappa shape index (κ1) is 16.8. The van der Waals surface area contributed by atoms with Gasteiger partial charge in [0.1, 0.15) is 16.9 Å². The predicted molar refractivity (Wildman–Crippen MR) is 97.2 cm³/mol. The number of halogens is 1. The second-order valence-electron chi connectivity index (χ2n) is 6.13. The van der Waals surface area contributed by atoms with Crippen LogP contribution < -0.4 is 10.6 Å². The number of hydrogen-bond donors (Lipinski definition) is 2. The SMILES string of the molecule is CN(C)C(=O)NCc1ccc2oc(Nc3nc4cc(F)ccc4o3)nc2c1. The Morgan fingerprint density at radius 1 is 1.04 bits per heavy atom. The Morgan fingerprint density at radius 2 is 1.67 bits per heavy atom. The number of amides is 2. The molecule has 0 unspecified atom stereocenters. The summed E-state index contributed by atoms with van der Waals surface area (Å²) in [4.78, 5) is 21.6. The van der Waals surface area contributed by atoms with E-state index in [9.17, 15) is 9.18 Å². The van der Waals surface area contributed by atoms with Crippen LogP contribution in [0.3, 0.4) is 0 Å². The number of carbonyl (C=O) groups excluding carboxylic acids is 1. The maximum Gasteiger partial charge on any atom is 0.317 e. The lowest BCUT2D eigenvalue weighted by Gasteiger charge is -2.11. The van der Waals surface area contributed by atoms with Gasteiger partial charge in [-0.1, -0.05) is 6.07 Å². The van der Waals surface area contributed by atoms with Gasteiger partial charge in [-0.05, 0) is 29.8 Å². The predicted octanol–water partition coefficient (Wildman–Crippen LogP) is 3.62. The third kappa shape index (κ3) is 3.52. The van der Waals surface area contributed by atoms with Gasteiger partial charge >= 0.3 is 18.1 Å². The van der Waals surface area contributed by atoms with Crippen molar-refractivity contribution in [3.8, 4) is 0 Å². The van der Waals surface area contributed by atoms with E-state index in [0.717, 1.165) is 5.56 Å². The lowest BCUT2D eigenvalue weighted by Crippen LogP contribution is -2.33. The van der Waals surface area contributed by atoms with Crippen molar-refractivity contribution in [3.63, 3.8) is 0 Å². The Labute approximate surface area is 153 Å². The van der Waals surface area contributed by atoms with Gasteiger partial charge in [-0.25, -0.2) is 9.18 Å². The number of nitrogens with one attached hydrogen (secondary N) is 2. The summed E-state index contributed by atoms with van der Waals surface area (Å²) in [7, 11) is 3.35. The highest BCUT2D eigenvalue weighted by Crippen LogP contribution is 2.25. The van der Waals surface area contributed by atoms with E-state index >= 15 is 0 Å². The molecule has 138 valence electrons. The number of nitrogens with zero attached hydrogens (tertiary/aromatic N) is 3. The maximum absolute atomic E-state index is 13.2. The minimum absolute atomic E-state index is 0.153. The van der Waals surface area contributed by atoms with Crippen LogP contribution in [0.15, 0.2) is 45.2 Å². The number of hydrogen-bond acceptors (Lipinski definition) is 6. The number of oxazole rings is 2. The molecule has 2 amide bonds. The smallest absolute Gasteiger partial charge is 0.317 e. The second-order valence-corrected chi connectivity index (χ2v) is 6.13. The molecule has 2 N–H and O–H groups in total. The van der Waals surface area contributed by atoms with E-state index < -0.39 is 5.82 Å². The summed E-state index contributed by atoms with van der Waals surface area (Å²) in [6, 6.07) is 9.70. The van der Waals surface area contributed by atoms with Gasteiger partial charge in [0, 0.05) is 26.7 Å². The Balaban J connectivity index is 1.53. The number of carbonyl (C=O) groups is 1. The molecule has 9 heteroatoms. The van der Waals surface area contributed by atoms with Crippen LogP contribution in [-0.2, 0) is 6.54 Å². The van der Waals surface area contributed by atoms with Crippen LogP contribution in [0.1, 0.15) is 5.56 Å². The molecular weight excluding hydrogens is 353 g/mol. The van der Waals surface area contributed by atoms with Gasteiger partial charge in [-0.2, -0.15) is 9.97 Å². The molecule has 0 atom stereocenters. The summed E-state index contributed by atoms with van der Waals surface area (Å²) in [6.07, 6.45) is 0. The Bertz CT molecular complexity index is 1130. The molecule has 0 bridgehead atoms. The maximum atomic E-state index is 13.2. The zero-order valence-corrected chi connectivity index (χ0v) is 14.6. The topological polar surface area (TPSA) is 96.4 Å². The largest absolute Gasteiger partial charge is 0.423 e. The molecule has 2 heterocycles. The number of anilines is 2. The molecule has 0 saturated carbocycles. The van der Waals surface area contributed by atoms with Crippen LogP contribution in [0.4, 0.5) is 21.2 Å². The van der Waals surface area contributed by atoms with E-state index in [1.807, 2.05) is 12.1 Å². The van der Waals surface area contributed by atoms with Crippen LogP contribution in [0, 0.1) is 5.82 Å². The molecule has 4 aromatic rings. The zero-order valence-electron chi connectivity index (χ0n) is 14.6. The molecule has 0 fully saturated rings. The summed E-state index contributed by atoms with van der Waals surface area (Å²) in [5.74, 6) is -0.391. The van der Waals surface area contributed by atoms with Gasteiger partial charge in [0.2, 0.25) is 0 Å². The summed E-state index contributed by atoms with van der Waals surface area (Å²) in [5, 5.41) is 5.62. The molecular formula is C18H16FN5O3. The molecule has 0 radical (unpaired) electrons. The molecule has 0 aliphatic rings. The fourth-order valence-electron chi connectivity index (χ4n) is 2.52. The summed E-state index contributed by atoms with van der Waals surface area (Å²) in [5.41, 5.74) is 2.93. The van der Waals surface area contributed by atoms with Crippen LogP contribution >= 0.6 is 0 Å². The fraction of sp³-hybridized carbons (Fsp3) is 0.167. The van der Waals surface area contributed by atoms with Crippen LogP contribution in [-0.4, -0.2) is 35.0 Å². The van der Waals surface area contributed by atoms with Crippen molar-refractivity contribution in [2.24, 2.45) is 0 Å². The van der Waals surface area contributed by atoms with E-state index in [1.165, 1.54) is 23.1 Å². The van der Waals surface area contributed by atoms with Crippen molar-refractivity contribution in [1.82, 2.24) is 20.2 Å². The minimum Gasteiger partial charge on any atom is -0.423 e. The van der Waals surface area contributed by atoms with Crippen molar-refractivity contribution >= 4 is 40.3 Å². The van der Waals surface area contributed by atoms with Crippen molar-refractivity contribution in [2.75, 3.05) is 19.4 Å². The quantitative estimate of drug-likeness (QED) is 0.570. The molecule has 0 saturated heterocycles. The molecule has 27 heavy (non-hydrogen) atoms. The summed E-state index contributed by atoms with van der Waals surface area (Å²) in [6.45, 7) is 0.374. The first-order valence-electron chi connectivity index (χ1n) is 8.16. The minimum atomic E-state index is -0.391. The molecule has 2 aromatic heterocycles. The number of urea groups is 1. The van der Waals surface area contributed by atoms with E-state index in [1.54, 1.807) is 20.2 Å². The van der Waals surface area contributed by atoms with Crippen LogP contribution in [0.2, 0.25) is 0 Å².